The molecule has 0 atom stereocenters. The lowest BCUT2D eigenvalue weighted by atomic mass is 10.1. The van der Waals surface area contributed by atoms with E-state index in [1.54, 1.807) is 54.9 Å². The van der Waals surface area contributed by atoms with Gasteiger partial charge in [0.2, 0.25) is 5.91 Å². The highest BCUT2D eigenvalue weighted by Crippen LogP contribution is 2.17. The van der Waals surface area contributed by atoms with Gasteiger partial charge >= 0.3 is 0 Å². The number of amides is 2. The Labute approximate surface area is 157 Å². The number of rotatable bonds is 5. The summed E-state index contributed by atoms with van der Waals surface area (Å²) in [6.07, 6.45) is 4.68. The highest BCUT2D eigenvalue weighted by Gasteiger charge is 2.07. The van der Waals surface area contributed by atoms with E-state index in [0.717, 1.165) is 11.1 Å². The molecule has 0 spiro atoms. The third-order valence-corrected chi connectivity index (χ3v) is 3.91. The average Bonchev–Trinajstić information content (AvgIpc) is 2.69. The molecule has 0 aliphatic rings. The molecular formula is C22H19N3O2. The van der Waals surface area contributed by atoms with Crippen LogP contribution < -0.4 is 10.6 Å². The summed E-state index contributed by atoms with van der Waals surface area (Å²) in [5, 5.41) is 5.62. The number of nitrogens with zero attached hydrogens (tertiary/aromatic N) is 1. The quantitative estimate of drug-likeness (QED) is 0.666. The first-order valence-electron chi connectivity index (χ1n) is 8.48. The van der Waals surface area contributed by atoms with Gasteiger partial charge in [-0.2, -0.15) is 0 Å². The zero-order chi connectivity index (χ0) is 19.1. The van der Waals surface area contributed by atoms with Gasteiger partial charge in [0.05, 0.1) is 0 Å². The van der Waals surface area contributed by atoms with Crippen LogP contribution in [0.1, 0.15) is 22.8 Å². The van der Waals surface area contributed by atoms with E-state index in [9.17, 15) is 9.59 Å². The summed E-state index contributed by atoms with van der Waals surface area (Å²) in [7, 11) is 0. The summed E-state index contributed by atoms with van der Waals surface area (Å²) in [6, 6.07) is 20.0. The molecule has 3 rings (SSSR count). The van der Waals surface area contributed by atoms with Crippen molar-refractivity contribution in [3.8, 4) is 0 Å². The second kappa shape index (κ2) is 8.58. The maximum absolute atomic E-state index is 12.3. The van der Waals surface area contributed by atoms with Crippen LogP contribution in [0.15, 0.2) is 85.2 Å². The third-order valence-electron chi connectivity index (χ3n) is 3.91. The van der Waals surface area contributed by atoms with E-state index in [1.807, 2.05) is 37.3 Å². The second-order valence-corrected chi connectivity index (χ2v) is 5.95. The van der Waals surface area contributed by atoms with E-state index in [2.05, 4.69) is 15.6 Å². The number of anilines is 2. The van der Waals surface area contributed by atoms with Crippen molar-refractivity contribution in [1.29, 1.82) is 0 Å². The molecule has 0 aliphatic heterocycles. The highest BCUT2D eigenvalue weighted by molar-refractivity contribution is 6.06. The molecule has 2 N–H and O–H groups in total. The van der Waals surface area contributed by atoms with E-state index < -0.39 is 0 Å². The lowest BCUT2D eigenvalue weighted by Crippen LogP contribution is -2.13. The Bertz CT molecular complexity index is 967. The summed E-state index contributed by atoms with van der Waals surface area (Å²) in [5.74, 6) is -0.463. The SMILES string of the molecule is CC(=CC(=O)Nc1cccc(NC(=O)c2ccncc2)c1)c1ccccc1. The minimum atomic E-state index is -0.235. The molecule has 2 aromatic carbocycles. The van der Waals surface area contributed by atoms with Gasteiger partial charge in [-0.15, -0.1) is 0 Å². The van der Waals surface area contributed by atoms with E-state index in [4.69, 9.17) is 0 Å². The van der Waals surface area contributed by atoms with Crippen molar-refractivity contribution in [2.75, 3.05) is 10.6 Å². The topological polar surface area (TPSA) is 71.1 Å². The van der Waals surface area contributed by atoms with E-state index in [0.29, 0.717) is 16.9 Å². The Morgan fingerprint density at radius 1 is 0.815 bits per heavy atom. The van der Waals surface area contributed by atoms with E-state index in [1.165, 1.54) is 0 Å². The number of pyridine rings is 1. The number of aromatic nitrogens is 1. The van der Waals surface area contributed by atoms with E-state index >= 15 is 0 Å². The van der Waals surface area contributed by atoms with Crippen LogP contribution in [0.3, 0.4) is 0 Å². The summed E-state index contributed by atoms with van der Waals surface area (Å²) in [5.41, 5.74) is 3.57. The van der Waals surface area contributed by atoms with Crippen molar-refractivity contribution in [1.82, 2.24) is 4.98 Å². The number of hydrogen-bond donors (Lipinski definition) is 2. The highest BCUT2D eigenvalue weighted by atomic mass is 16.2. The lowest BCUT2D eigenvalue weighted by Gasteiger charge is -2.08. The largest absolute Gasteiger partial charge is 0.322 e. The van der Waals surface area contributed by atoms with Gasteiger partial charge in [-0.1, -0.05) is 36.4 Å². The van der Waals surface area contributed by atoms with Crippen molar-refractivity contribution in [3.05, 3.63) is 96.3 Å². The van der Waals surface area contributed by atoms with Gasteiger partial charge in [0.25, 0.3) is 5.91 Å². The summed E-state index contributed by atoms with van der Waals surface area (Å²) in [6.45, 7) is 1.89. The molecule has 0 fully saturated rings. The maximum atomic E-state index is 12.3. The Balaban J connectivity index is 1.67. The molecule has 2 amide bonds. The maximum Gasteiger partial charge on any atom is 0.255 e. The van der Waals surface area contributed by atoms with Crippen molar-refractivity contribution < 1.29 is 9.59 Å². The fourth-order valence-corrected chi connectivity index (χ4v) is 2.54. The lowest BCUT2D eigenvalue weighted by molar-refractivity contribution is -0.111. The molecule has 0 radical (unpaired) electrons. The minimum Gasteiger partial charge on any atom is -0.322 e. The van der Waals surface area contributed by atoms with Crippen LogP contribution in [-0.4, -0.2) is 16.8 Å². The number of carbonyl (C=O) groups excluding carboxylic acids is 2. The zero-order valence-corrected chi connectivity index (χ0v) is 14.8. The average molecular weight is 357 g/mol. The molecule has 5 heteroatoms. The first kappa shape index (κ1) is 18.1. The fraction of sp³-hybridized carbons (Fsp3) is 0.0455. The Kier molecular flexibility index (Phi) is 5.74. The number of benzene rings is 2. The van der Waals surface area contributed by atoms with Crippen LogP contribution in [0, 0.1) is 0 Å². The molecule has 0 saturated heterocycles. The van der Waals surface area contributed by atoms with Crippen LogP contribution in [0.4, 0.5) is 11.4 Å². The molecule has 0 aliphatic carbocycles. The molecule has 3 aromatic rings. The van der Waals surface area contributed by atoms with Crippen LogP contribution in [0.2, 0.25) is 0 Å². The van der Waals surface area contributed by atoms with Crippen molar-refractivity contribution in [2.45, 2.75) is 6.92 Å². The fourth-order valence-electron chi connectivity index (χ4n) is 2.54. The standard InChI is InChI=1S/C22H19N3O2/c1-16(17-6-3-2-4-7-17)14-21(26)24-19-8-5-9-20(15-19)25-22(27)18-10-12-23-13-11-18/h2-15H,1H3,(H,24,26)(H,25,27). The van der Waals surface area contributed by atoms with Crippen molar-refractivity contribution >= 4 is 28.8 Å². The molecule has 1 heterocycles. The van der Waals surface area contributed by atoms with Crippen molar-refractivity contribution in [2.24, 2.45) is 0 Å². The van der Waals surface area contributed by atoms with Gasteiger partial charge in [0.1, 0.15) is 0 Å². The molecule has 1 aromatic heterocycles. The Hall–Kier alpha value is -3.73. The van der Waals surface area contributed by atoms with Crippen LogP contribution in [0.25, 0.3) is 5.57 Å². The second-order valence-electron chi connectivity index (χ2n) is 5.95. The number of nitrogens with one attached hydrogen (secondary N) is 2. The van der Waals surface area contributed by atoms with Gasteiger partial charge in [-0.3, -0.25) is 14.6 Å². The minimum absolute atomic E-state index is 0.228. The molecule has 0 saturated carbocycles. The summed E-state index contributed by atoms with van der Waals surface area (Å²) in [4.78, 5) is 28.4. The smallest absolute Gasteiger partial charge is 0.255 e. The predicted molar refractivity (Wildman–Crippen MR) is 107 cm³/mol. The van der Waals surface area contributed by atoms with Gasteiger partial charge in [0.15, 0.2) is 0 Å². The van der Waals surface area contributed by atoms with Crippen molar-refractivity contribution in [3.63, 3.8) is 0 Å². The predicted octanol–water partition coefficient (Wildman–Crippen LogP) is 4.38. The number of carbonyl (C=O) groups is 2. The van der Waals surface area contributed by atoms with Gasteiger partial charge < -0.3 is 10.6 Å². The number of hydrogen-bond acceptors (Lipinski definition) is 3. The van der Waals surface area contributed by atoms with Crippen LogP contribution >= 0.6 is 0 Å². The zero-order valence-electron chi connectivity index (χ0n) is 14.8. The summed E-state index contributed by atoms with van der Waals surface area (Å²) < 4.78 is 0. The van der Waals surface area contributed by atoms with Crippen LogP contribution in [0.5, 0.6) is 0 Å². The normalized spacial score (nSPS) is 10.9. The van der Waals surface area contributed by atoms with E-state index in [-0.39, 0.29) is 11.8 Å². The third kappa shape index (κ3) is 5.12. The van der Waals surface area contributed by atoms with Gasteiger partial charge in [-0.05, 0) is 48.4 Å². The molecule has 5 nitrogen and oxygen atoms in total. The Morgan fingerprint density at radius 2 is 1.48 bits per heavy atom. The molecule has 27 heavy (non-hydrogen) atoms. The van der Waals surface area contributed by atoms with Gasteiger partial charge in [-0.25, -0.2) is 0 Å². The van der Waals surface area contributed by atoms with Crippen LogP contribution in [-0.2, 0) is 4.79 Å². The summed E-state index contributed by atoms with van der Waals surface area (Å²) >= 11 is 0. The number of allylic oxidation sites excluding steroid dienone is 1. The van der Waals surface area contributed by atoms with Gasteiger partial charge in [0, 0.05) is 35.4 Å². The monoisotopic (exact) mass is 357 g/mol. The molecule has 134 valence electrons. The first-order valence-corrected chi connectivity index (χ1v) is 8.48. The Morgan fingerprint density at radius 3 is 2.19 bits per heavy atom. The molecule has 0 unspecified atom stereocenters. The molecular weight excluding hydrogens is 338 g/mol. The first-order chi connectivity index (χ1) is 13.1. The molecule has 0 bridgehead atoms.